The molecule has 3 unspecified atom stereocenters. The molecule has 7 heteroatoms. The van der Waals surface area contributed by atoms with Crippen LogP contribution in [0.1, 0.15) is 18.4 Å². The van der Waals surface area contributed by atoms with Gasteiger partial charge in [0.1, 0.15) is 17.2 Å². The molecule has 4 aromatic rings. The number of amides is 1. The van der Waals surface area contributed by atoms with Crippen LogP contribution in [-0.2, 0) is 6.42 Å². The van der Waals surface area contributed by atoms with Crippen LogP contribution in [0, 0.1) is 11.8 Å². The standard InChI is InChI=1S/C33H35N3O3S/c1-3-22(21-34)24-15-16-36(33(37)40)26(17-24)18-25-19-32(35-31-14-13-29(38-2)20-30(25)31)23-9-11-28(12-10-23)39-27-7-5-4-6-8-27/h3-14,19-20,22,24,26H,1,15-18,21,34H2,2H3,(H,37,40). The number of nitrogens with zero attached hydrogens (tertiary/aromatic N) is 2. The minimum Gasteiger partial charge on any atom is -0.497 e. The number of hydrogen-bond acceptors (Lipinski definition) is 5. The number of rotatable bonds is 9. The Morgan fingerprint density at radius 2 is 1.82 bits per heavy atom. The fraction of sp³-hybridized carbons (Fsp3) is 0.273. The number of ether oxygens (including phenoxy) is 2. The number of aromatic nitrogens is 1. The molecule has 5 rings (SSSR count). The monoisotopic (exact) mass is 553 g/mol. The molecular weight excluding hydrogens is 518 g/mol. The summed E-state index contributed by atoms with van der Waals surface area (Å²) in [7, 11) is 1.66. The summed E-state index contributed by atoms with van der Waals surface area (Å²) in [5.74, 6) is 2.91. The maximum atomic E-state index is 12.5. The summed E-state index contributed by atoms with van der Waals surface area (Å²) in [6, 6.07) is 25.7. The lowest BCUT2D eigenvalue weighted by Gasteiger charge is -2.41. The van der Waals surface area contributed by atoms with Gasteiger partial charge in [-0.15, -0.1) is 6.58 Å². The van der Waals surface area contributed by atoms with Crippen LogP contribution in [0.25, 0.3) is 22.2 Å². The molecule has 0 spiro atoms. The van der Waals surface area contributed by atoms with E-state index < -0.39 is 0 Å². The lowest BCUT2D eigenvalue weighted by Crippen LogP contribution is -2.47. The van der Waals surface area contributed by atoms with Crippen molar-refractivity contribution in [2.75, 3.05) is 20.2 Å². The Morgan fingerprint density at radius 1 is 1.10 bits per heavy atom. The predicted molar refractivity (Wildman–Crippen MR) is 164 cm³/mol. The van der Waals surface area contributed by atoms with Crippen molar-refractivity contribution in [1.29, 1.82) is 0 Å². The molecule has 0 radical (unpaired) electrons. The summed E-state index contributed by atoms with van der Waals surface area (Å²) in [5, 5.41) is 0.816. The van der Waals surface area contributed by atoms with E-state index >= 15 is 0 Å². The van der Waals surface area contributed by atoms with Gasteiger partial charge in [0.25, 0.3) is 5.24 Å². The Kier molecular flexibility index (Phi) is 8.72. The minimum absolute atomic E-state index is 0.0101. The van der Waals surface area contributed by atoms with Crippen LogP contribution in [0.2, 0.25) is 0 Å². The molecule has 1 aliphatic rings. The molecule has 6 nitrogen and oxygen atoms in total. The Morgan fingerprint density at radius 3 is 2.50 bits per heavy atom. The molecule has 1 aliphatic heterocycles. The number of thiol groups is 1. The highest BCUT2D eigenvalue weighted by atomic mass is 32.1. The van der Waals surface area contributed by atoms with Crippen LogP contribution in [0.15, 0.2) is 91.5 Å². The van der Waals surface area contributed by atoms with Gasteiger partial charge < -0.3 is 20.1 Å². The topological polar surface area (TPSA) is 77.7 Å². The van der Waals surface area contributed by atoms with Crippen LogP contribution < -0.4 is 15.2 Å². The summed E-state index contributed by atoms with van der Waals surface area (Å²) in [6.45, 7) is 5.21. The van der Waals surface area contributed by atoms with Crippen molar-refractivity contribution in [3.63, 3.8) is 0 Å². The van der Waals surface area contributed by atoms with Gasteiger partial charge in [-0.05, 0) is 104 Å². The first-order valence-corrected chi connectivity index (χ1v) is 14.1. The van der Waals surface area contributed by atoms with Crippen molar-refractivity contribution in [1.82, 2.24) is 9.88 Å². The highest BCUT2D eigenvalue weighted by Gasteiger charge is 2.33. The second-order valence-corrected chi connectivity index (χ2v) is 10.6. The summed E-state index contributed by atoms with van der Waals surface area (Å²) >= 11 is 4.22. The van der Waals surface area contributed by atoms with Gasteiger partial charge in [-0.3, -0.25) is 4.79 Å². The number of likely N-dealkylation sites (tertiary alicyclic amines) is 1. The molecular formula is C33H35N3O3S. The third-order valence-corrected chi connectivity index (χ3v) is 8.13. The van der Waals surface area contributed by atoms with E-state index in [9.17, 15) is 4.79 Å². The normalized spacial score (nSPS) is 17.8. The molecule has 1 amide bonds. The van der Waals surface area contributed by atoms with E-state index in [4.69, 9.17) is 20.2 Å². The summed E-state index contributed by atoms with van der Waals surface area (Å²) in [5.41, 5.74) is 9.88. The zero-order valence-corrected chi connectivity index (χ0v) is 23.6. The first-order chi connectivity index (χ1) is 19.5. The second kappa shape index (κ2) is 12.6. The van der Waals surface area contributed by atoms with Crippen LogP contribution in [0.5, 0.6) is 17.2 Å². The van der Waals surface area contributed by atoms with E-state index in [2.05, 4.69) is 25.3 Å². The average molecular weight is 554 g/mol. The smallest absolute Gasteiger partial charge is 0.278 e. The van der Waals surface area contributed by atoms with Gasteiger partial charge in [-0.1, -0.05) is 36.9 Å². The van der Waals surface area contributed by atoms with Crippen LogP contribution in [-0.4, -0.2) is 41.4 Å². The summed E-state index contributed by atoms with van der Waals surface area (Å²) in [6.07, 6.45) is 4.36. The van der Waals surface area contributed by atoms with Crippen molar-refractivity contribution in [3.05, 3.63) is 97.1 Å². The highest BCUT2D eigenvalue weighted by molar-refractivity contribution is 7.96. The number of benzene rings is 3. The third kappa shape index (κ3) is 6.16. The molecule has 2 heterocycles. The van der Waals surface area contributed by atoms with Gasteiger partial charge in [0.05, 0.1) is 18.3 Å². The number of carbonyl (C=O) groups is 1. The zero-order valence-electron chi connectivity index (χ0n) is 22.7. The SMILES string of the molecule is C=CC(CN)C1CCN(C(=O)S)C(Cc2cc(-c3ccc(Oc4ccccc4)cc3)nc3ccc(OC)cc23)C1. The number of nitrogens with two attached hydrogens (primary N) is 1. The van der Waals surface area contributed by atoms with Gasteiger partial charge in [0, 0.05) is 23.5 Å². The number of pyridine rings is 1. The molecule has 3 aromatic carbocycles. The van der Waals surface area contributed by atoms with E-state index in [0.29, 0.717) is 25.4 Å². The van der Waals surface area contributed by atoms with Crippen molar-refractivity contribution in [3.8, 4) is 28.5 Å². The molecule has 2 N–H and O–H groups in total. The van der Waals surface area contributed by atoms with E-state index in [1.165, 1.54) is 0 Å². The Bertz CT molecular complexity index is 1480. The van der Waals surface area contributed by atoms with Gasteiger partial charge in [-0.25, -0.2) is 4.98 Å². The molecule has 1 saturated heterocycles. The van der Waals surface area contributed by atoms with Gasteiger partial charge >= 0.3 is 0 Å². The van der Waals surface area contributed by atoms with E-state index in [1.807, 2.05) is 83.8 Å². The maximum Gasteiger partial charge on any atom is 0.278 e. The largest absolute Gasteiger partial charge is 0.497 e. The number of fused-ring (bicyclic) bond motifs is 1. The number of methoxy groups -OCH3 is 1. The number of para-hydroxylation sites is 1. The number of carbonyl (C=O) groups excluding carboxylic acids is 1. The first kappa shape index (κ1) is 27.7. The van der Waals surface area contributed by atoms with Crippen LogP contribution >= 0.6 is 12.6 Å². The molecule has 0 aliphatic carbocycles. The third-order valence-electron chi connectivity index (χ3n) is 7.87. The van der Waals surface area contributed by atoms with Crippen molar-refractivity contribution in [2.45, 2.75) is 25.3 Å². The van der Waals surface area contributed by atoms with Crippen LogP contribution in [0.3, 0.4) is 0 Å². The molecule has 3 atom stereocenters. The Hall–Kier alpha value is -3.81. The maximum absolute atomic E-state index is 12.5. The molecule has 206 valence electrons. The van der Waals surface area contributed by atoms with Gasteiger partial charge in [0.2, 0.25) is 0 Å². The number of hydrogen-bond donors (Lipinski definition) is 2. The number of piperidine rings is 1. The Labute approximate surface area is 241 Å². The predicted octanol–water partition coefficient (Wildman–Crippen LogP) is 7.14. The lowest BCUT2D eigenvalue weighted by atomic mass is 9.79. The highest BCUT2D eigenvalue weighted by Crippen LogP contribution is 2.35. The van der Waals surface area contributed by atoms with Crippen molar-refractivity contribution < 1.29 is 14.3 Å². The molecule has 0 bridgehead atoms. The molecule has 1 fully saturated rings. The van der Waals surface area contributed by atoms with E-state index in [-0.39, 0.29) is 17.2 Å². The minimum atomic E-state index is -0.198. The van der Waals surface area contributed by atoms with Crippen LogP contribution in [0.4, 0.5) is 4.79 Å². The fourth-order valence-electron chi connectivity index (χ4n) is 5.69. The average Bonchev–Trinajstić information content (AvgIpc) is 2.98. The van der Waals surface area contributed by atoms with Gasteiger partial charge in [0.15, 0.2) is 0 Å². The lowest BCUT2D eigenvalue weighted by molar-refractivity contribution is 0.130. The zero-order chi connectivity index (χ0) is 28.1. The first-order valence-electron chi connectivity index (χ1n) is 13.6. The summed E-state index contributed by atoms with van der Waals surface area (Å²) < 4.78 is 11.5. The van der Waals surface area contributed by atoms with Crippen molar-refractivity contribution >= 4 is 28.8 Å². The van der Waals surface area contributed by atoms with E-state index in [1.54, 1.807) is 7.11 Å². The fourth-order valence-corrected chi connectivity index (χ4v) is 5.95. The molecule has 0 saturated carbocycles. The van der Waals surface area contributed by atoms with Gasteiger partial charge in [-0.2, -0.15) is 0 Å². The molecule has 1 aromatic heterocycles. The molecule has 40 heavy (non-hydrogen) atoms. The quantitative estimate of drug-likeness (QED) is 0.170. The van der Waals surface area contributed by atoms with Crippen molar-refractivity contribution in [2.24, 2.45) is 17.6 Å². The Balaban J connectivity index is 1.50. The summed E-state index contributed by atoms with van der Waals surface area (Å²) in [4.78, 5) is 19.4. The van der Waals surface area contributed by atoms with E-state index in [0.717, 1.165) is 57.8 Å². The second-order valence-electron chi connectivity index (χ2n) is 10.2.